The Bertz CT molecular complexity index is 815. The summed E-state index contributed by atoms with van der Waals surface area (Å²) in [6, 6.07) is 23.2. The Balaban J connectivity index is 0.000000154. The number of hydrogen-bond donors (Lipinski definition) is 1. The van der Waals surface area contributed by atoms with E-state index in [0.717, 1.165) is 16.4 Å². The van der Waals surface area contributed by atoms with Gasteiger partial charge in [-0.1, -0.05) is 42.5 Å². The summed E-state index contributed by atoms with van der Waals surface area (Å²) in [5.74, 6) is 0.0729. The van der Waals surface area contributed by atoms with Gasteiger partial charge in [-0.2, -0.15) is 0 Å². The molecule has 0 atom stereocenters. The van der Waals surface area contributed by atoms with Gasteiger partial charge in [0.15, 0.2) is 0 Å². The van der Waals surface area contributed by atoms with Crippen molar-refractivity contribution in [2.24, 2.45) is 0 Å². The minimum Gasteiger partial charge on any atom is -0.493 e. The van der Waals surface area contributed by atoms with Gasteiger partial charge in [-0.3, -0.25) is 4.98 Å². The summed E-state index contributed by atoms with van der Waals surface area (Å²) in [7, 11) is 0. The van der Waals surface area contributed by atoms with Gasteiger partial charge in [-0.15, -0.1) is 0 Å². The van der Waals surface area contributed by atoms with Crippen LogP contribution < -0.4 is 0 Å². The van der Waals surface area contributed by atoms with Gasteiger partial charge < -0.3 is 5.11 Å². The van der Waals surface area contributed by atoms with E-state index in [9.17, 15) is 0 Å². The zero-order valence-corrected chi connectivity index (χ0v) is 12.6. The van der Waals surface area contributed by atoms with Crippen molar-refractivity contribution in [2.75, 3.05) is 0 Å². The summed E-state index contributed by atoms with van der Waals surface area (Å²) in [4.78, 5) is 8.11. The van der Waals surface area contributed by atoms with Gasteiger partial charge in [0.25, 0.3) is 0 Å². The third-order valence-electron chi connectivity index (χ3n) is 3.10. The molecule has 2 heterocycles. The molecule has 0 saturated carbocycles. The van der Waals surface area contributed by atoms with Crippen LogP contribution in [0.2, 0.25) is 0 Å². The van der Waals surface area contributed by atoms with Gasteiger partial charge in [0.1, 0.15) is 0 Å². The van der Waals surface area contributed by atoms with Gasteiger partial charge in [0, 0.05) is 40.1 Å². The van der Waals surface area contributed by atoms with Crippen LogP contribution >= 0.6 is 0 Å². The Hall–Kier alpha value is -2.42. The second kappa shape index (κ2) is 7.55. The van der Waals surface area contributed by atoms with Crippen LogP contribution in [-0.4, -0.2) is 15.1 Å². The van der Waals surface area contributed by atoms with Crippen molar-refractivity contribution in [3.05, 3.63) is 79.0 Å². The third kappa shape index (κ3) is 3.82. The van der Waals surface area contributed by atoms with Crippen LogP contribution in [0.25, 0.3) is 21.8 Å². The number of aromatic nitrogens is 2. The van der Waals surface area contributed by atoms with Gasteiger partial charge >= 0.3 is 0 Å². The molecule has 22 heavy (non-hydrogen) atoms. The van der Waals surface area contributed by atoms with Crippen molar-refractivity contribution < 1.29 is 22.2 Å². The van der Waals surface area contributed by atoms with Crippen LogP contribution in [0.15, 0.2) is 79.0 Å². The number of rotatable bonds is 0. The van der Waals surface area contributed by atoms with E-state index in [4.69, 9.17) is 5.11 Å². The fraction of sp³-hybridized carbons (Fsp3) is 0. The number of benzene rings is 2. The summed E-state index contributed by atoms with van der Waals surface area (Å²) in [6.07, 6.45) is 1.81. The fourth-order valence-corrected chi connectivity index (χ4v) is 2.07. The van der Waals surface area contributed by atoms with Crippen LogP contribution in [-0.2, 0) is 17.1 Å². The number of para-hydroxylation sites is 2. The van der Waals surface area contributed by atoms with E-state index in [1.807, 2.05) is 60.8 Å². The van der Waals surface area contributed by atoms with Crippen LogP contribution in [0.4, 0.5) is 0 Å². The molecule has 0 unspecified atom stereocenters. The van der Waals surface area contributed by atoms with E-state index >= 15 is 0 Å². The largest absolute Gasteiger partial charge is 0.493 e. The van der Waals surface area contributed by atoms with Crippen molar-refractivity contribution in [1.29, 1.82) is 0 Å². The van der Waals surface area contributed by atoms with Gasteiger partial charge in [-0.25, -0.2) is 4.98 Å². The van der Waals surface area contributed by atoms with Crippen molar-refractivity contribution in [3.63, 3.8) is 0 Å². The fourth-order valence-electron chi connectivity index (χ4n) is 2.07. The molecule has 0 bridgehead atoms. The first-order chi connectivity index (χ1) is 10.3. The number of nitrogens with zero attached hydrogens (tertiary/aromatic N) is 2. The Labute approximate surface area is 139 Å². The summed E-state index contributed by atoms with van der Waals surface area (Å²) in [5.41, 5.74) is 1.89. The molecule has 0 aliphatic heterocycles. The predicted molar refractivity (Wildman–Crippen MR) is 85.2 cm³/mol. The molecule has 4 heteroatoms. The standard InChI is InChI=1S/C9H7NO.C9H7N.Cu/c11-9-6-5-7-3-1-2-4-8(7)10-9;1-2-6-9-8(4-1)5-3-7-10-9;/h1-6H,(H,10,11);1-7H;. The Morgan fingerprint density at radius 2 is 1.23 bits per heavy atom. The van der Waals surface area contributed by atoms with E-state index in [1.54, 1.807) is 6.07 Å². The number of hydrogen-bond acceptors (Lipinski definition) is 3. The van der Waals surface area contributed by atoms with Crippen molar-refractivity contribution in [1.82, 2.24) is 9.97 Å². The molecular formula is C18H14CuN2O. The van der Waals surface area contributed by atoms with E-state index in [1.165, 1.54) is 5.39 Å². The van der Waals surface area contributed by atoms with Crippen molar-refractivity contribution in [3.8, 4) is 5.88 Å². The molecule has 0 fully saturated rings. The predicted octanol–water partition coefficient (Wildman–Crippen LogP) is 4.17. The molecule has 0 aliphatic rings. The van der Waals surface area contributed by atoms with Crippen molar-refractivity contribution >= 4 is 21.8 Å². The SMILES string of the molecule is Oc1ccc2ccccc2n1.[Cu].c1ccc2ncccc2c1. The van der Waals surface area contributed by atoms with Gasteiger partial charge in [0.05, 0.1) is 11.0 Å². The number of fused-ring (bicyclic) bond motifs is 2. The molecule has 113 valence electrons. The average Bonchev–Trinajstić information content (AvgIpc) is 2.55. The summed E-state index contributed by atoms with van der Waals surface area (Å²) in [6.45, 7) is 0. The molecule has 2 aromatic heterocycles. The quantitative estimate of drug-likeness (QED) is 0.490. The first kappa shape index (κ1) is 16.0. The maximum atomic E-state index is 9.02. The van der Waals surface area contributed by atoms with E-state index in [2.05, 4.69) is 22.1 Å². The first-order valence-electron chi connectivity index (χ1n) is 6.67. The third-order valence-corrected chi connectivity index (χ3v) is 3.10. The molecule has 4 aromatic rings. The Kier molecular flexibility index (Phi) is 5.48. The first-order valence-corrected chi connectivity index (χ1v) is 6.67. The Morgan fingerprint density at radius 1 is 0.636 bits per heavy atom. The molecule has 0 saturated heterocycles. The molecule has 1 radical (unpaired) electrons. The molecule has 1 N–H and O–H groups in total. The zero-order chi connectivity index (χ0) is 14.5. The minimum absolute atomic E-state index is 0. The van der Waals surface area contributed by atoms with Crippen molar-refractivity contribution in [2.45, 2.75) is 0 Å². The summed E-state index contributed by atoms with van der Waals surface area (Å²) >= 11 is 0. The molecule has 4 rings (SSSR count). The van der Waals surface area contributed by atoms with Gasteiger partial charge in [-0.05, 0) is 24.3 Å². The second-order valence-electron chi connectivity index (χ2n) is 4.56. The van der Waals surface area contributed by atoms with Crippen LogP contribution in [0, 0.1) is 0 Å². The average molecular weight is 338 g/mol. The molecule has 0 amide bonds. The summed E-state index contributed by atoms with van der Waals surface area (Å²) in [5, 5.41) is 11.3. The monoisotopic (exact) mass is 337 g/mol. The van der Waals surface area contributed by atoms with Crippen LogP contribution in [0.1, 0.15) is 0 Å². The smallest absolute Gasteiger partial charge is 0.211 e. The molecular weight excluding hydrogens is 324 g/mol. The minimum atomic E-state index is 0. The summed E-state index contributed by atoms with van der Waals surface area (Å²) < 4.78 is 0. The molecule has 0 aliphatic carbocycles. The van der Waals surface area contributed by atoms with Crippen LogP contribution in [0.5, 0.6) is 5.88 Å². The van der Waals surface area contributed by atoms with E-state index < -0.39 is 0 Å². The normalized spacial score (nSPS) is 9.64. The zero-order valence-electron chi connectivity index (χ0n) is 11.6. The molecule has 3 nitrogen and oxygen atoms in total. The Morgan fingerprint density at radius 3 is 1.95 bits per heavy atom. The molecule has 2 aromatic carbocycles. The topological polar surface area (TPSA) is 46.0 Å². The maximum absolute atomic E-state index is 9.02. The second-order valence-corrected chi connectivity index (χ2v) is 4.56. The maximum Gasteiger partial charge on any atom is 0.211 e. The van der Waals surface area contributed by atoms with E-state index in [0.29, 0.717) is 0 Å². The van der Waals surface area contributed by atoms with Crippen LogP contribution in [0.3, 0.4) is 0 Å². The number of aromatic hydroxyl groups is 1. The number of pyridine rings is 2. The van der Waals surface area contributed by atoms with E-state index in [-0.39, 0.29) is 22.9 Å². The molecule has 0 spiro atoms. The van der Waals surface area contributed by atoms with Gasteiger partial charge in [0.2, 0.25) is 5.88 Å².